The van der Waals surface area contributed by atoms with Gasteiger partial charge in [0.1, 0.15) is 11.6 Å². The highest BCUT2D eigenvalue weighted by Gasteiger charge is 2.34. The van der Waals surface area contributed by atoms with E-state index in [4.69, 9.17) is 5.11 Å². The Labute approximate surface area is 106 Å². The zero-order valence-electron chi connectivity index (χ0n) is 9.87. The molecule has 0 saturated carbocycles. The largest absolute Gasteiger partial charge is 0.434 e. The third-order valence-electron chi connectivity index (χ3n) is 2.62. The molecule has 0 fully saturated rings. The lowest BCUT2D eigenvalue weighted by Crippen LogP contribution is -2.05. The lowest BCUT2D eigenvalue weighted by atomic mass is 10.1. The number of nitrogens with zero attached hydrogens (tertiary/aromatic N) is 2. The SMILES string of the molecule is Cn1cc(C(F)(F)F)nc1-c1ccc(CO)cc1F. The second-order valence-corrected chi connectivity index (χ2v) is 4.03. The predicted molar refractivity (Wildman–Crippen MR) is 59.5 cm³/mol. The van der Waals surface area contributed by atoms with Crippen molar-refractivity contribution in [3.05, 3.63) is 41.5 Å². The fourth-order valence-corrected chi connectivity index (χ4v) is 1.69. The fraction of sp³-hybridized carbons (Fsp3) is 0.250. The van der Waals surface area contributed by atoms with E-state index >= 15 is 0 Å². The number of benzene rings is 1. The van der Waals surface area contributed by atoms with Gasteiger partial charge < -0.3 is 9.67 Å². The molecule has 0 aliphatic heterocycles. The second-order valence-electron chi connectivity index (χ2n) is 4.03. The summed E-state index contributed by atoms with van der Waals surface area (Å²) >= 11 is 0. The van der Waals surface area contributed by atoms with Gasteiger partial charge in [-0.2, -0.15) is 13.2 Å². The molecule has 0 amide bonds. The Bertz CT molecular complexity index is 604. The van der Waals surface area contributed by atoms with Crippen molar-refractivity contribution in [1.29, 1.82) is 0 Å². The van der Waals surface area contributed by atoms with E-state index in [9.17, 15) is 17.6 Å². The van der Waals surface area contributed by atoms with Crippen LogP contribution in [0.2, 0.25) is 0 Å². The number of alkyl halides is 3. The van der Waals surface area contributed by atoms with Crippen LogP contribution >= 0.6 is 0 Å². The lowest BCUT2D eigenvalue weighted by molar-refractivity contribution is -0.140. The molecule has 0 atom stereocenters. The Morgan fingerprint density at radius 1 is 1.32 bits per heavy atom. The van der Waals surface area contributed by atoms with Crippen LogP contribution in [0.1, 0.15) is 11.3 Å². The molecule has 0 radical (unpaired) electrons. The van der Waals surface area contributed by atoms with Crippen LogP contribution in [-0.4, -0.2) is 14.7 Å². The number of imidazole rings is 1. The summed E-state index contributed by atoms with van der Waals surface area (Å²) in [4.78, 5) is 3.40. The molecule has 0 spiro atoms. The Balaban J connectivity index is 2.51. The Hall–Kier alpha value is -1.89. The van der Waals surface area contributed by atoms with Crippen molar-refractivity contribution >= 4 is 0 Å². The van der Waals surface area contributed by atoms with Crippen LogP contribution < -0.4 is 0 Å². The smallest absolute Gasteiger partial charge is 0.392 e. The van der Waals surface area contributed by atoms with Crippen molar-refractivity contribution in [2.45, 2.75) is 12.8 Å². The Morgan fingerprint density at radius 2 is 2.00 bits per heavy atom. The van der Waals surface area contributed by atoms with Crippen LogP contribution in [0.25, 0.3) is 11.4 Å². The average Bonchev–Trinajstić information content (AvgIpc) is 2.71. The summed E-state index contributed by atoms with van der Waals surface area (Å²) in [7, 11) is 1.36. The van der Waals surface area contributed by atoms with Gasteiger partial charge in [-0.15, -0.1) is 0 Å². The number of halogens is 4. The van der Waals surface area contributed by atoms with Crippen molar-refractivity contribution in [2.24, 2.45) is 7.05 Å². The molecule has 2 aromatic rings. The highest BCUT2D eigenvalue weighted by molar-refractivity contribution is 5.57. The van der Waals surface area contributed by atoms with Crippen LogP contribution in [0.5, 0.6) is 0 Å². The van der Waals surface area contributed by atoms with E-state index in [1.54, 1.807) is 0 Å². The maximum Gasteiger partial charge on any atom is 0.434 e. The number of hydrogen-bond donors (Lipinski definition) is 1. The van der Waals surface area contributed by atoms with E-state index in [-0.39, 0.29) is 18.0 Å². The summed E-state index contributed by atoms with van der Waals surface area (Å²) in [6.07, 6.45) is -3.77. The molecular formula is C12H10F4N2O. The summed E-state index contributed by atoms with van der Waals surface area (Å²) < 4.78 is 52.4. The van der Waals surface area contributed by atoms with Gasteiger partial charge in [0.2, 0.25) is 0 Å². The average molecular weight is 274 g/mol. The maximum atomic E-state index is 13.8. The van der Waals surface area contributed by atoms with Gasteiger partial charge in [0.05, 0.1) is 12.2 Å². The normalized spacial score (nSPS) is 11.9. The van der Waals surface area contributed by atoms with E-state index in [1.807, 2.05) is 0 Å². The van der Waals surface area contributed by atoms with E-state index in [2.05, 4.69) is 4.98 Å². The lowest BCUT2D eigenvalue weighted by Gasteiger charge is -2.04. The summed E-state index contributed by atoms with van der Waals surface area (Å²) in [5.41, 5.74) is -0.780. The van der Waals surface area contributed by atoms with Crippen LogP contribution in [0.3, 0.4) is 0 Å². The molecule has 0 bridgehead atoms. The number of aromatic nitrogens is 2. The van der Waals surface area contributed by atoms with Gasteiger partial charge in [-0.1, -0.05) is 6.07 Å². The molecule has 0 saturated heterocycles. The van der Waals surface area contributed by atoms with Crippen molar-refractivity contribution in [3.8, 4) is 11.4 Å². The molecule has 1 aromatic carbocycles. The van der Waals surface area contributed by atoms with Crippen LogP contribution in [0, 0.1) is 5.82 Å². The summed E-state index contributed by atoms with van der Waals surface area (Å²) in [6.45, 7) is -0.342. The first kappa shape index (κ1) is 13.5. The maximum absolute atomic E-state index is 13.8. The molecular weight excluding hydrogens is 264 g/mol. The molecule has 1 heterocycles. The molecule has 1 aromatic heterocycles. The molecule has 1 N–H and O–H groups in total. The second kappa shape index (κ2) is 4.65. The zero-order chi connectivity index (χ0) is 14.2. The monoisotopic (exact) mass is 274 g/mol. The van der Waals surface area contributed by atoms with Crippen LogP contribution in [0.15, 0.2) is 24.4 Å². The van der Waals surface area contributed by atoms with E-state index in [0.717, 1.165) is 16.8 Å². The molecule has 0 unspecified atom stereocenters. The minimum atomic E-state index is -4.57. The molecule has 2 rings (SSSR count). The van der Waals surface area contributed by atoms with Crippen molar-refractivity contribution in [3.63, 3.8) is 0 Å². The number of aliphatic hydroxyl groups is 1. The first-order valence-electron chi connectivity index (χ1n) is 5.33. The highest BCUT2D eigenvalue weighted by atomic mass is 19.4. The van der Waals surface area contributed by atoms with Gasteiger partial charge in [-0.05, 0) is 17.7 Å². The third kappa shape index (κ3) is 2.60. The van der Waals surface area contributed by atoms with Crippen LogP contribution in [-0.2, 0) is 19.8 Å². The van der Waals surface area contributed by atoms with Crippen molar-refractivity contribution in [1.82, 2.24) is 9.55 Å². The number of hydrogen-bond acceptors (Lipinski definition) is 2. The molecule has 19 heavy (non-hydrogen) atoms. The zero-order valence-corrected chi connectivity index (χ0v) is 9.87. The first-order valence-corrected chi connectivity index (χ1v) is 5.33. The standard InChI is InChI=1S/C12H10F4N2O/c1-18-5-10(12(14,15)16)17-11(18)8-3-2-7(6-19)4-9(8)13/h2-5,19H,6H2,1H3. The number of aryl methyl sites for hydroxylation is 1. The third-order valence-corrected chi connectivity index (χ3v) is 2.62. The topological polar surface area (TPSA) is 38.0 Å². The highest BCUT2D eigenvalue weighted by Crippen LogP contribution is 2.31. The van der Waals surface area contributed by atoms with Gasteiger partial charge in [-0.25, -0.2) is 9.37 Å². The first-order chi connectivity index (χ1) is 8.82. The summed E-state index contributed by atoms with van der Waals surface area (Å²) in [6, 6.07) is 3.79. The van der Waals surface area contributed by atoms with Gasteiger partial charge in [0.15, 0.2) is 5.69 Å². The minimum absolute atomic E-state index is 0.0461. The van der Waals surface area contributed by atoms with Gasteiger partial charge in [0, 0.05) is 13.2 Å². The van der Waals surface area contributed by atoms with Gasteiger partial charge >= 0.3 is 6.18 Å². The van der Waals surface area contributed by atoms with Crippen LogP contribution in [0.4, 0.5) is 17.6 Å². The summed E-state index contributed by atoms with van der Waals surface area (Å²) in [5, 5.41) is 8.85. The van der Waals surface area contributed by atoms with Crippen molar-refractivity contribution < 1.29 is 22.7 Å². The molecule has 7 heteroatoms. The minimum Gasteiger partial charge on any atom is -0.392 e. The van der Waals surface area contributed by atoms with Gasteiger partial charge in [-0.3, -0.25) is 0 Å². The van der Waals surface area contributed by atoms with E-state index < -0.39 is 17.7 Å². The Kier molecular flexibility index (Phi) is 3.32. The molecule has 3 nitrogen and oxygen atoms in total. The van der Waals surface area contributed by atoms with E-state index in [1.165, 1.54) is 19.2 Å². The van der Waals surface area contributed by atoms with Gasteiger partial charge in [0.25, 0.3) is 0 Å². The van der Waals surface area contributed by atoms with Crippen molar-refractivity contribution in [2.75, 3.05) is 0 Å². The number of aliphatic hydroxyl groups excluding tert-OH is 1. The predicted octanol–water partition coefficient (Wildman–Crippen LogP) is 2.74. The molecule has 0 aliphatic carbocycles. The number of rotatable bonds is 2. The quantitative estimate of drug-likeness (QED) is 0.855. The fourth-order valence-electron chi connectivity index (χ4n) is 1.69. The summed E-state index contributed by atoms with van der Waals surface area (Å²) in [5.74, 6) is -0.844. The Morgan fingerprint density at radius 3 is 2.47 bits per heavy atom. The molecule has 0 aliphatic rings. The van der Waals surface area contributed by atoms with E-state index in [0.29, 0.717) is 5.56 Å². The molecule has 102 valence electrons.